The van der Waals surface area contributed by atoms with Crippen molar-refractivity contribution in [2.45, 2.75) is 31.9 Å². The number of ether oxygens (including phenoxy) is 1. The maximum Gasteiger partial charge on any atom is 0.407 e. The number of amides is 1. The number of anilines is 1. The zero-order valence-corrected chi connectivity index (χ0v) is 15.2. The average molecular weight is 387 g/mol. The first kappa shape index (κ1) is 19.6. The number of carboxylic acids is 1. The molecule has 1 heterocycles. The number of nitrogens with one attached hydrogen (secondary N) is 2. The minimum absolute atomic E-state index is 0.0333. The van der Waals surface area contributed by atoms with Crippen molar-refractivity contribution >= 4 is 17.9 Å². The van der Waals surface area contributed by atoms with Crippen LogP contribution >= 0.6 is 0 Å². The molecule has 148 valence electrons. The first-order valence-electron chi connectivity index (χ1n) is 9.12. The van der Waals surface area contributed by atoms with E-state index in [-0.39, 0.29) is 24.0 Å². The summed E-state index contributed by atoms with van der Waals surface area (Å²) in [5, 5.41) is 14.8. The Hall–Kier alpha value is -3.16. The van der Waals surface area contributed by atoms with Crippen molar-refractivity contribution in [3.63, 3.8) is 0 Å². The summed E-state index contributed by atoms with van der Waals surface area (Å²) in [5.41, 5.74) is 0.873. The molecule has 1 amide bonds. The summed E-state index contributed by atoms with van der Waals surface area (Å²) in [6.45, 7) is 0.714. The fraction of sp³-hybridized carbons (Fsp3) is 0.350. The number of alkyl carbamates (subject to hydrolysis) is 1. The molecule has 7 nitrogen and oxygen atoms in total. The maximum atomic E-state index is 13.2. The molecule has 1 aromatic heterocycles. The highest BCUT2D eigenvalue weighted by Gasteiger charge is 2.30. The van der Waals surface area contributed by atoms with Crippen LogP contribution in [0.2, 0.25) is 0 Å². The van der Waals surface area contributed by atoms with Crippen molar-refractivity contribution in [1.29, 1.82) is 0 Å². The van der Waals surface area contributed by atoms with E-state index in [4.69, 9.17) is 9.84 Å². The van der Waals surface area contributed by atoms with E-state index in [2.05, 4.69) is 15.6 Å². The van der Waals surface area contributed by atoms with Gasteiger partial charge in [0.1, 0.15) is 18.0 Å². The molecule has 3 N–H and O–H groups in total. The predicted octanol–water partition coefficient (Wildman–Crippen LogP) is 3.43. The predicted molar refractivity (Wildman–Crippen MR) is 101 cm³/mol. The minimum atomic E-state index is -1.16. The Morgan fingerprint density at radius 2 is 1.93 bits per heavy atom. The van der Waals surface area contributed by atoms with Gasteiger partial charge in [-0.2, -0.15) is 4.39 Å². The number of carbonyl (C=O) groups is 2. The molecule has 1 aliphatic carbocycles. The van der Waals surface area contributed by atoms with Crippen LogP contribution in [0.5, 0.6) is 0 Å². The lowest BCUT2D eigenvalue weighted by Crippen LogP contribution is -2.44. The lowest BCUT2D eigenvalue weighted by molar-refractivity contribution is 0.0697. The first-order chi connectivity index (χ1) is 13.5. The number of carbonyl (C=O) groups excluding carboxylic acids is 1. The van der Waals surface area contributed by atoms with Crippen LogP contribution in [0.25, 0.3) is 0 Å². The van der Waals surface area contributed by atoms with Gasteiger partial charge >= 0.3 is 12.1 Å². The second kappa shape index (κ2) is 9.16. The molecule has 1 aliphatic rings. The third-order valence-electron chi connectivity index (χ3n) is 4.71. The van der Waals surface area contributed by atoms with Gasteiger partial charge in [0.2, 0.25) is 5.95 Å². The number of aromatic nitrogens is 1. The van der Waals surface area contributed by atoms with Gasteiger partial charge in [-0.25, -0.2) is 14.6 Å². The Morgan fingerprint density at radius 3 is 2.64 bits per heavy atom. The zero-order valence-electron chi connectivity index (χ0n) is 15.2. The maximum absolute atomic E-state index is 13.2. The molecule has 0 bridgehead atoms. The molecule has 1 saturated carbocycles. The Labute approximate surface area is 161 Å². The van der Waals surface area contributed by atoms with Crippen LogP contribution in [-0.4, -0.2) is 34.7 Å². The molecule has 0 saturated heterocycles. The van der Waals surface area contributed by atoms with Crippen molar-refractivity contribution in [2.24, 2.45) is 5.92 Å². The number of halogens is 1. The molecule has 3 rings (SSSR count). The van der Waals surface area contributed by atoms with Crippen LogP contribution in [0.3, 0.4) is 0 Å². The summed E-state index contributed by atoms with van der Waals surface area (Å²) >= 11 is 0. The fourth-order valence-corrected chi connectivity index (χ4v) is 3.16. The number of pyridine rings is 1. The quantitative estimate of drug-likeness (QED) is 0.600. The number of nitrogens with zero attached hydrogens (tertiary/aromatic N) is 1. The summed E-state index contributed by atoms with van der Waals surface area (Å²) in [7, 11) is 0. The lowest BCUT2D eigenvalue weighted by atomic mass is 9.78. The first-order valence-corrected chi connectivity index (χ1v) is 9.12. The van der Waals surface area contributed by atoms with Crippen molar-refractivity contribution in [1.82, 2.24) is 10.3 Å². The largest absolute Gasteiger partial charge is 0.478 e. The highest BCUT2D eigenvalue weighted by molar-refractivity contribution is 5.92. The number of carboxylic acid groups (broad SMARTS) is 1. The minimum Gasteiger partial charge on any atom is -0.478 e. The third kappa shape index (κ3) is 5.42. The molecule has 0 unspecified atom stereocenters. The number of hydrogen-bond donors (Lipinski definition) is 3. The van der Waals surface area contributed by atoms with E-state index >= 15 is 0 Å². The monoisotopic (exact) mass is 387 g/mol. The van der Waals surface area contributed by atoms with Gasteiger partial charge in [-0.1, -0.05) is 30.3 Å². The average Bonchev–Trinajstić information content (AvgIpc) is 2.65. The Balaban J connectivity index is 1.33. The normalized spacial score (nSPS) is 18.0. The van der Waals surface area contributed by atoms with Gasteiger partial charge in [0.25, 0.3) is 0 Å². The van der Waals surface area contributed by atoms with Gasteiger partial charge in [0.05, 0.1) is 0 Å². The van der Waals surface area contributed by atoms with Crippen LogP contribution in [0.15, 0.2) is 42.5 Å². The number of benzene rings is 1. The zero-order chi connectivity index (χ0) is 19.9. The number of rotatable bonds is 8. The molecular weight excluding hydrogens is 365 g/mol. The van der Waals surface area contributed by atoms with Crippen LogP contribution in [0, 0.1) is 11.9 Å². The van der Waals surface area contributed by atoms with E-state index < -0.39 is 18.0 Å². The van der Waals surface area contributed by atoms with Crippen LogP contribution < -0.4 is 10.6 Å². The van der Waals surface area contributed by atoms with Crippen molar-refractivity contribution < 1.29 is 23.8 Å². The molecule has 2 aromatic rings. The molecule has 0 spiro atoms. The fourth-order valence-electron chi connectivity index (χ4n) is 3.16. The standard InChI is InChI=1S/C20H22FN3O4/c21-17-7-6-16(19(25)26)18(24-17)22-9-8-14-10-15(11-14)23-20(27)28-12-13-4-2-1-3-5-13/h1-7,14-15H,8-12H2,(H,22,24)(H,23,27)(H,25,26). The second-order valence-electron chi connectivity index (χ2n) is 6.79. The Kier molecular flexibility index (Phi) is 6.41. The Morgan fingerprint density at radius 1 is 1.18 bits per heavy atom. The van der Waals surface area contributed by atoms with Gasteiger partial charge in [-0.15, -0.1) is 0 Å². The van der Waals surface area contributed by atoms with Crippen molar-refractivity contribution in [2.75, 3.05) is 11.9 Å². The Bertz CT molecular complexity index is 825. The summed E-state index contributed by atoms with van der Waals surface area (Å²) in [6, 6.07) is 11.8. The highest BCUT2D eigenvalue weighted by atomic mass is 19.1. The SMILES string of the molecule is O=C(NC1CC(CCNc2nc(F)ccc2C(=O)O)C1)OCc1ccccc1. The van der Waals surface area contributed by atoms with Crippen LogP contribution in [0.1, 0.15) is 35.2 Å². The third-order valence-corrected chi connectivity index (χ3v) is 4.71. The molecule has 0 aliphatic heterocycles. The summed E-state index contributed by atoms with van der Waals surface area (Å²) in [6.07, 6.45) is 1.99. The molecule has 1 aromatic carbocycles. The number of hydrogen-bond acceptors (Lipinski definition) is 5. The highest BCUT2D eigenvalue weighted by Crippen LogP contribution is 2.30. The molecule has 0 atom stereocenters. The van der Waals surface area contributed by atoms with E-state index in [0.717, 1.165) is 30.9 Å². The molecule has 0 radical (unpaired) electrons. The molecule has 8 heteroatoms. The van der Waals surface area contributed by atoms with E-state index in [1.54, 1.807) is 0 Å². The summed E-state index contributed by atoms with van der Waals surface area (Å²) in [5.74, 6) is -1.45. The van der Waals surface area contributed by atoms with Crippen molar-refractivity contribution in [3.05, 3.63) is 59.5 Å². The van der Waals surface area contributed by atoms with Gasteiger partial charge in [-0.3, -0.25) is 0 Å². The van der Waals surface area contributed by atoms with E-state index in [1.807, 2.05) is 30.3 Å². The van der Waals surface area contributed by atoms with Gasteiger partial charge in [0, 0.05) is 12.6 Å². The topological polar surface area (TPSA) is 101 Å². The molecular formula is C20H22FN3O4. The van der Waals surface area contributed by atoms with E-state index in [0.29, 0.717) is 12.5 Å². The second-order valence-corrected chi connectivity index (χ2v) is 6.79. The van der Waals surface area contributed by atoms with Gasteiger partial charge in [-0.05, 0) is 42.9 Å². The van der Waals surface area contributed by atoms with Crippen molar-refractivity contribution in [3.8, 4) is 0 Å². The molecule has 28 heavy (non-hydrogen) atoms. The van der Waals surface area contributed by atoms with E-state index in [1.165, 1.54) is 6.07 Å². The summed E-state index contributed by atoms with van der Waals surface area (Å²) < 4.78 is 18.4. The van der Waals surface area contributed by atoms with E-state index in [9.17, 15) is 14.0 Å². The van der Waals surface area contributed by atoms with Gasteiger partial charge < -0.3 is 20.5 Å². The van der Waals surface area contributed by atoms with Crippen LogP contribution in [0.4, 0.5) is 15.0 Å². The summed E-state index contributed by atoms with van der Waals surface area (Å²) in [4.78, 5) is 26.5. The molecule has 1 fully saturated rings. The van der Waals surface area contributed by atoms with Crippen LogP contribution in [-0.2, 0) is 11.3 Å². The lowest BCUT2D eigenvalue weighted by Gasteiger charge is -2.35. The van der Waals surface area contributed by atoms with Gasteiger partial charge in [0.15, 0.2) is 0 Å². The number of aromatic carboxylic acids is 1. The smallest absolute Gasteiger partial charge is 0.407 e.